The van der Waals surface area contributed by atoms with E-state index in [1.165, 1.54) is 12.0 Å². The molecule has 20 heavy (non-hydrogen) atoms. The smallest absolute Gasteiger partial charge is 0.123 e. The summed E-state index contributed by atoms with van der Waals surface area (Å²) in [5, 5.41) is 10.3. The van der Waals surface area contributed by atoms with Gasteiger partial charge in [-0.05, 0) is 38.3 Å². The summed E-state index contributed by atoms with van der Waals surface area (Å²) in [4.78, 5) is 2.28. The topological polar surface area (TPSA) is 32.7 Å². The predicted molar refractivity (Wildman–Crippen MR) is 81.9 cm³/mol. The molecule has 1 fully saturated rings. The molecule has 1 N–H and O–H groups in total. The molecule has 3 unspecified atom stereocenters. The quantitative estimate of drug-likeness (QED) is 0.898. The van der Waals surface area contributed by atoms with Gasteiger partial charge in [0, 0.05) is 18.2 Å². The highest BCUT2D eigenvalue weighted by atomic mass is 16.5. The highest BCUT2D eigenvalue weighted by molar-refractivity contribution is 5.33. The lowest BCUT2D eigenvalue weighted by atomic mass is 9.81. The number of hydrogen-bond donors (Lipinski definition) is 1. The van der Waals surface area contributed by atoms with Crippen LogP contribution in [0, 0.1) is 5.92 Å². The maximum absolute atomic E-state index is 10.3. The van der Waals surface area contributed by atoms with Crippen molar-refractivity contribution in [2.75, 3.05) is 14.2 Å². The van der Waals surface area contributed by atoms with E-state index >= 15 is 0 Å². The SMILES string of the molecule is CCC1CCC(O)C(N(C)Cc2ccccc2OC)C1. The molecule has 1 aromatic carbocycles. The highest BCUT2D eigenvalue weighted by Crippen LogP contribution is 2.31. The van der Waals surface area contributed by atoms with Crippen LogP contribution in [0.5, 0.6) is 5.75 Å². The van der Waals surface area contributed by atoms with Crippen molar-refractivity contribution >= 4 is 0 Å². The fourth-order valence-corrected chi connectivity index (χ4v) is 3.28. The second-order valence-corrected chi connectivity index (χ2v) is 5.95. The zero-order valence-corrected chi connectivity index (χ0v) is 12.9. The predicted octanol–water partition coefficient (Wildman–Crippen LogP) is 3.07. The number of benzene rings is 1. The number of hydrogen-bond acceptors (Lipinski definition) is 3. The van der Waals surface area contributed by atoms with Gasteiger partial charge in [0.25, 0.3) is 0 Å². The Morgan fingerprint density at radius 3 is 2.75 bits per heavy atom. The lowest BCUT2D eigenvalue weighted by Gasteiger charge is -2.38. The average Bonchev–Trinajstić information content (AvgIpc) is 2.48. The highest BCUT2D eigenvalue weighted by Gasteiger charge is 2.31. The largest absolute Gasteiger partial charge is 0.496 e. The van der Waals surface area contributed by atoms with E-state index in [4.69, 9.17) is 4.74 Å². The van der Waals surface area contributed by atoms with E-state index < -0.39 is 0 Å². The zero-order valence-electron chi connectivity index (χ0n) is 12.9. The van der Waals surface area contributed by atoms with Gasteiger partial charge in [-0.15, -0.1) is 0 Å². The first-order valence-corrected chi connectivity index (χ1v) is 7.65. The van der Waals surface area contributed by atoms with Crippen molar-refractivity contribution in [1.29, 1.82) is 0 Å². The number of likely N-dealkylation sites (N-methyl/N-ethyl adjacent to an activating group) is 1. The van der Waals surface area contributed by atoms with Crippen LogP contribution in [0.25, 0.3) is 0 Å². The van der Waals surface area contributed by atoms with Gasteiger partial charge < -0.3 is 9.84 Å². The standard InChI is InChI=1S/C17H27NO2/c1-4-13-9-10-16(19)15(11-13)18(2)12-14-7-5-6-8-17(14)20-3/h5-8,13,15-16,19H,4,9-12H2,1-3H3. The molecule has 1 saturated carbocycles. The number of rotatable bonds is 5. The van der Waals surface area contributed by atoms with Crippen LogP contribution in [0.1, 0.15) is 38.2 Å². The van der Waals surface area contributed by atoms with E-state index in [2.05, 4.69) is 24.9 Å². The lowest BCUT2D eigenvalue weighted by Crippen LogP contribution is -2.45. The van der Waals surface area contributed by atoms with Gasteiger partial charge in [0.15, 0.2) is 0 Å². The molecule has 1 aromatic rings. The fraction of sp³-hybridized carbons (Fsp3) is 0.647. The maximum Gasteiger partial charge on any atom is 0.123 e. The summed E-state index contributed by atoms with van der Waals surface area (Å²) in [6.07, 6.45) is 4.21. The van der Waals surface area contributed by atoms with Crippen LogP contribution in [0.2, 0.25) is 0 Å². The molecule has 3 nitrogen and oxygen atoms in total. The van der Waals surface area contributed by atoms with E-state index in [1.54, 1.807) is 7.11 Å². The van der Waals surface area contributed by atoms with E-state index in [0.717, 1.165) is 37.5 Å². The van der Waals surface area contributed by atoms with Crippen LogP contribution in [0.4, 0.5) is 0 Å². The Bertz CT molecular complexity index is 421. The summed E-state index contributed by atoms with van der Waals surface area (Å²) >= 11 is 0. The van der Waals surface area contributed by atoms with E-state index in [1.807, 2.05) is 18.2 Å². The lowest BCUT2D eigenvalue weighted by molar-refractivity contribution is 0.0102. The van der Waals surface area contributed by atoms with Crippen molar-refractivity contribution in [2.24, 2.45) is 5.92 Å². The first kappa shape index (κ1) is 15.3. The summed E-state index contributed by atoms with van der Waals surface area (Å²) in [5.74, 6) is 1.68. The van der Waals surface area contributed by atoms with Gasteiger partial charge in [0.05, 0.1) is 13.2 Å². The molecule has 1 aliphatic rings. The van der Waals surface area contributed by atoms with Gasteiger partial charge in [0.2, 0.25) is 0 Å². The number of ether oxygens (including phenoxy) is 1. The third kappa shape index (κ3) is 3.53. The minimum Gasteiger partial charge on any atom is -0.496 e. The van der Waals surface area contributed by atoms with Crippen molar-refractivity contribution in [2.45, 2.75) is 51.3 Å². The van der Waals surface area contributed by atoms with Crippen LogP contribution >= 0.6 is 0 Å². The molecule has 0 saturated heterocycles. The van der Waals surface area contributed by atoms with Crippen molar-refractivity contribution in [3.8, 4) is 5.75 Å². The summed E-state index contributed by atoms with van der Waals surface area (Å²) in [6.45, 7) is 3.07. The first-order chi connectivity index (χ1) is 9.65. The second kappa shape index (κ2) is 7.09. The Kier molecular flexibility index (Phi) is 5.44. The van der Waals surface area contributed by atoms with Gasteiger partial charge >= 0.3 is 0 Å². The molecular weight excluding hydrogens is 250 g/mol. The molecule has 2 rings (SSSR count). The van der Waals surface area contributed by atoms with Crippen LogP contribution in [0.15, 0.2) is 24.3 Å². The number of methoxy groups -OCH3 is 1. The van der Waals surface area contributed by atoms with Gasteiger partial charge in [0.1, 0.15) is 5.75 Å². The van der Waals surface area contributed by atoms with Crippen molar-refractivity contribution in [1.82, 2.24) is 4.90 Å². The Morgan fingerprint density at radius 1 is 1.30 bits per heavy atom. The first-order valence-electron chi connectivity index (χ1n) is 7.65. The van der Waals surface area contributed by atoms with Crippen molar-refractivity contribution in [3.63, 3.8) is 0 Å². The minimum atomic E-state index is -0.197. The fourth-order valence-electron chi connectivity index (χ4n) is 3.28. The molecule has 112 valence electrons. The van der Waals surface area contributed by atoms with Gasteiger partial charge in [-0.2, -0.15) is 0 Å². The molecule has 0 radical (unpaired) electrons. The number of para-hydroxylation sites is 1. The Morgan fingerprint density at radius 2 is 2.05 bits per heavy atom. The van der Waals surface area contributed by atoms with E-state index in [0.29, 0.717) is 0 Å². The minimum absolute atomic E-state index is 0.197. The van der Waals surface area contributed by atoms with Crippen LogP contribution in [-0.2, 0) is 6.54 Å². The molecule has 0 aromatic heterocycles. The molecule has 3 heteroatoms. The third-order valence-corrected chi connectivity index (χ3v) is 4.65. The Labute approximate surface area is 122 Å². The van der Waals surface area contributed by atoms with E-state index in [-0.39, 0.29) is 12.1 Å². The monoisotopic (exact) mass is 277 g/mol. The van der Waals surface area contributed by atoms with E-state index in [9.17, 15) is 5.11 Å². The van der Waals surface area contributed by atoms with Crippen LogP contribution in [-0.4, -0.2) is 36.3 Å². The molecule has 3 atom stereocenters. The van der Waals surface area contributed by atoms with Gasteiger partial charge in [-0.25, -0.2) is 0 Å². The molecule has 0 amide bonds. The normalized spacial score (nSPS) is 26.8. The average molecular weight is 277 g/mol. The van der Waals surface area contributed by atoms with Gasteiger partial charge in [-0.1, -0.05) is 31.5 Å². The third-order valence-electron chi connectivity index (χ3n) is 4.65. The Balaban J connectivity index is 2.04. The summed E-state index contributed by atoms with van der Waals surface area (Å²) < 4.78 is 5.41. The number of nitrogens with zero attached hydrogens (tertiary/aromatic N) is 1. The number of aliphatic hydroxyl groups excluding tert-OH is 1. The molecule has 1 aliphatic carbocycles. The molecular formula is C17H27NO2. The summed E-state index contributed by atoms with van der Waals surface area (Å²) in [6, 6.07) is 8.39. The number of aliphatic hydroxyl groups is 1. The summed E-state index contributed by atoms with van der Waals surface area (Å²) in [5.41, 5.74) is 1.18. The molecule has 0 spiro atoms. The zero-order chi connectivity index (χ0) is 14.5. The van der Waals surface area contributed by atoms with Crippen molar-refractivity contribution < 1.29 is 9.84 Å². The molecule has 0 bridgehead atoms. The van der Waals surface area contributed by atoms with Crippen molar-refractivity contribution in [3.05, 3.63) is 29.8 Å². The maximum atomic E-state index is 10.3. The van der Waals surface area contributed by atoms with Crippen LogP contribution < -0.4 is 4.74 Å². The molecule has 0 heterocycles. The van der Waals surface area contributed by atoms with Crippen LogP contribution in [0.3, 0.4) is 0 Å². The molecule has 0 aliphatic heterocycles. The second-order valence-electron chi connectivity index (χ2n) is 5.95. The summed E-state index contributed by atoms with van der Waals surface area (Å²) in [7, 11) is 3.82. The van der Waals surface area contributed by atoms with Gasteiger partial charge in [-0.3, -0.25) is 4.90 Å². The Hall–Kier alpha value is -1.06.